The molecule has 2 fully saturated rings. The molecule has 0 radical (unpaired) electrons. The Morgan fingerprint density at radius 1 is 1.45 bits per heavy atom. The fourth-order valence-corrected chi connectivity index (χ4v) is 2.52. The van der Waals surface area contributed by atoms with Gasteiger partial charge in [-0.3, -0.25) is 14.7 Å². The van der Waals surface area contributed by atoms with Gasteiger partial charge in [0.25, 0.3) is 0 Å². The summed E-state index contributed by atoms with van der Waals surface area (Å²) in [6.45, 7) is 4.55. The predicted octanol–water partition coefficient (Wildman–Crippen LogP) is -0.230. The highest BCUT2D eigenvalue weighted by Crippen LogP contribution is 2.14. The van der Waals surface area contributed by atoms with E-state index in [0.29, 0.717) is 13.2 Å². The van der Waals surface area contributed by atoms with Gasteiger partial charge in [-0.2, -0.15) is 5.06 Å². The van der Waals surface area contributed by atoms with E-state index in [9.17, 15) is 4.79 Å². The molecule has 1 aromatic heterocycles. The smallest absolute Gasteiger partial charge is 0.332 e. The lowest BCUT2D eigenvalue weighted by Gasteiger charge is -2.45. The zero-order valence-electron chi connectivity index (χ0n) is 11.3. The Morgan fingerprint density at radius 2 is 2.30 bits per heavy atom. The molecule has 1 unspecified atom stereocenters. The average molecular weight is 277 g/mol. The number of nitrogens with one attached hydrogen (secondary N) is 2. The molecule has 1 aromatic rings. The van der Waals surface area contributed by atoms with Crippen LogP contribution in [0.1, 0.15) is 5.56 Å². The number of aromatic nitrogens is 1. The van der Waals surface area contributed by atoms with E-state index in [1.807, 2.05) is 12.1 Å². The molecule has 2 N–H and O–H groups in total. The first-order valence-electron chi connectivity index (χ1n) is 6.88. The third-order valence-corrected chi connectivity index (χ3v) is 3.60. The third-order valence-electron chi connectivity index (χ3n) is 3.60. The van der Waals surface area contributed by atoms with Crippen molar-refractivity contribution in [1.29, 1.82) is 0 Å². The van der Waals surface area contributed by atoms with Crippen molar-refractivity contribution in [2.24, 2.45) is 0 Å². The molecule has 0 spiro atoms. The Kier molecular flexibility index (Phi) is 4.10. The molecule has 20 heavy (non-hydrogen) atoms. The van der Waals surface area contributed by atoms with E-state index in [0.717, 1.165) is 31.7 Å². The predicted molar refractivity (Wildman–Crippen MR) is 72.5 cm³/mol. The maximum atomic E-state index is 12.2. The normalized spacial score (nSPS) is 23.2. The van der Waals surface area contributed by atoms with Gasteiger partial charge in [-0.1, -0.05) is 0 Å². The van der Waals surface area contributed by atoms with Crippen molar-refractivity contribution in [2.45, 2.75) is 12.7 Å². The van der Waals surface area contributed by atoms with Crippen LogP contribution in [-0.2, 0) is 11.4 Å². The highest BCUT2D eigenvalue weighted by Gasteiger charge is 2.35. The van der Waals surface area contributed by atoms with Gasteiger partial charge in [0, 0.05) is 45.1 Å². The van der Waals surface area contributed by atoms with E-state index >= 15 is 0 Å². The van der Waals surface area contributed by atoms with Crippen LogP contribution >= 0.6 is 0 Å². The molecule has 1 atom stereocenters. The molecule has 2 aliphatic rings. The van der Waals surface area contributed by atoms with Crippen LogP contribution in [0.4, 0.5) is 4.79 Å². The summed E-state index contributed by atoms with van der Waals surface area (Å²) in [5.41, 5.74) is 1.02. The second-order valence-electron chi connectivity index (χ2n) is 4.89. The summed E-state index contributed by atoms with van der Waals surface area (Å²) in [5, 5.41) is 7.63. The van der Waals surface area contributed by atoms with Crippen molar-refractivity contribution in [3.05, 3.63) is 30.1 Å². The molecule has 2 aliphatic heterocycles. The lowest BCUT2D eigenvalue weighted by molar-refractivity contribution is -0.221. The molecular weight excluding hydrogens is 258 g/mol. The van der Waals surface area contributed by atoms with Crippen LogP contribution in [-0.4, -0.2) is 59.9 Å². The second-order valence-corrected chi connectivity index (χ2v) is 4.89. The van der Waals surface area contributed by atoms with Gasteiger partial charge in [0.15, 0.2) is 0 Å². The van der Waals surface area contributed by atoms with Crippen molar-refractivity contribution in [3.63, 3.8) is 0 Å². The molecule has 7 heteroatoms. The van der Waals surface area contributed by atoms with E-state index in [1.54, 1.807) is 12.4 Å². The molecule has 0 bridgehead atoms. The number of nitrogens with zero attached hydrogens (tertiary/aromatic N) is 3. The Labute approximate surface area is 117 Å². The third kappa shape index (κ3) is 2.90. The first kappa shape index (κ1) is 13.3. The van der Waals surface area contributed by atoms with Crippen molar-refractivity contribution in [2.75, 3.05) is 32.8 Å². The van der Waals surface area contributed by atoms with Crippen LogP contribution in [0, 0.1) is 0 Å². The number of fused-ring (bicyclic) bond motifs is 1. The van der Waals surface area contributed by atoms with Gasteiger partial charge >= 0.3 is 6.03 Å². The molecule has 108 valence electrons. The van der Waals surface area contributed by atoms with Crippen molar-refractivity contribution in [1.82, 2.24) is 25.6 Å². The maximum Gasteiger partial charge on any atom is 0.343 e. The van der Waals surface area contributed by atoms with Gasteiger partial charge in [0.2, 0.25) is 0 Å². The van der Waals surface area contributed by atoms with E-state index in [-0.39, 0.29) is 12.2 Å². The Morgan fingerprint density at radius 3 is 3.15 bits per heavy atom. The van der Waals surface area contributed by atoms with Crippen molar-refractivity contribution >= 4 is 6.03 Å². The molecule has 0 aromatic carbocycles. The molecular formula is C13H19N5O2. The van der Waals surface area contributed by atoms with Crippen LogP contribution in [0.2, 0.25) is 0 Å². The fraction of sp³-hybridized carbons (Fsp3) is 0.538. The molecule has 0 saturated carbocycles. The maximum absolute atomic E-state index is 12.2. The number of rotatable bonds is 2. The number of carbonyl (C=O) groups excluding carboxylic acids is 1. The summed E-state index contributed by atoms with van der Waals surface area (Å²) in [4.78, 5) is 24.0. The highest BCUT2D eigenvalue weighted by atomic mass is 16.7. The number of carbonyl (C=O) groups is 1. The monoisotopic (exact) mass is 277 g/mol. The van der Waals surface area contributed by atoms with Gasteiger partial charge in [-0.25, -0.2) is 4.79 Å². The Bertz CT molecular complexity index is 453. The molecule has 0 aliphatic carbocycles. The summed E-state index contributed by atoms with van der Waals surface area (Å²) in [7, 11) is 0. The standard InChI is InChI=1S/C13H19N5O2/c19-13(16-9-11-1-3-14-4-2-11)18-12-10-15-5-6-17(12)7-8-20-18/h1-4,12,15H,5-10H2,(H,16,19). The second kappa shape index (κ2) is 6.17. The van der Waals surface area contributed by atoms with E-state index < -0.39 is 0 Å². The van der Waals surface area contributed by atoms with Gasteiger partial charge in [-0.15, -0.1) is 0 Å². The highest BCUT2D eigenvalue weighted by molar-refractivity contribution is 5.73. The van der Waals surface area contributed by atoms with Crippen molar-refractivity contribution < 1.29 is 9.63 Å². The Balaban J connectivity index is 1.58. The zero-order chi connectivity index (χ0) is 13.8. The first-order valence-corrected chi connectivity index (χ1v) is 6.88. The topological polar surface area (TPSA) is 69.7 Å². The van der Waals surface area contributed by atoms with Crippen molar-refractivity contribution in [3.8, 4) is 0 Å². The molecule has 2 amide bonds. The first-order chi connectivity index (χ1) is 9.84. The molecule has 3 heterocycles. The largest absolute Gasteiger partial charge is 0.343 e. The fourth-order valence-electron chi connectivity index (χ4n) is 2.52. The summed E-state index contributed by atoms with van der Waals surface area (Å²) in [6, 6.07) is 3.57. The quantitative estimate of drug-likeness (QED) is 0.781. The number of pyridine rings is 1. The lowest BCUT2D eigenvalue weighted by atomic mass is 10.2. The Hall–Kier alpha value is -1.70. The summed E-state index contributed by atoms with van der Waals surface area (Å²) in [6.07, 6.45) is 3.41. The van der Waals surface area contributed by atoms with E-state index in [4.69, 9.17) is 4.84 Å². The van der Waals surface area contributed by atoms with E-state index in [1.165, 1.54) is 5.06 Å². The summed E-state index contributed by atoms with van der Waals surface area (Å²) < 4.78 is 0. The zero-order valence-corrected chi connectivity index (χ0v) is 11.3. The van der Waals surface area contributed by atoms with E-state index in [2.05, 4.69) is 20.5 Å². The minimum atomic E-state index is -0.194. The van der Waals surface area contributed by atoms with Crippen LogP contribution in [0.25, 0.3) is 0 Å². The summed E-state index contributed by atoms with van der Waals surface area (Å²) >= 11 is 0. The minimum Gasteiger partial charge on any atom is -0.332 e. The SMILES string of the molecule is O=C(NCc1ccncc1)N1OCCN2CCNCC21. The number of amides is 2. The van der Waals surface area contributed by atoms with Crippen LogP contribution in [0.15, 0.2) is 24.5 Å². The molecule has 3 rings (SSSR count). The molecule has 2 saturated heterocycles. The number of hydroxylamine groups is 2. The van der Waals surface area contributed by atoms with Crippen LogP contribution in [0.5, 0.6) is 0 Å². The number of hydrogen-bond donors (Lipinski definition) is 2. The number of piperazine rings is 1. The molecule has 7 nitrogen and oxygen atoms in total. The van der Waals surface area contributed by atoms with Crippen LogP contribution in [0.3, 0.4) is 0 Å². The van der Waals surface area contributed by atoms with Gasteiger partial charge in [-0.05, 0) is 17.7 Å². The van der Waals surface area contributed by atoms with Gasteiger partial charge < -0.3 is 10.6 Å². The van der Waals surface area contributed by atoms with Gasteiger partial charge in [0.1, 0.15) is 6.17 Å². The summed E-state index contributed by atoms with van der Waals surface area (Å²) in [5.74, 6) is 0. The minimum absolute atomic E-state index is 0.0186. The number of hydrogen-bond acceptors (Lipinski definition) is 5. The number of urea groups is 1. The van der Waals surface area contributed by atoms with Gasteiger partial charge in [0.05, 0.1) is 6.61 Å². The lowest BCUT2D eigenvalue weighted by Crippen LogP contribution is -2.65. The van der Waals surface area contributed by atoms with Crippen LogP contribution < -0.4 is 10.6 Å². The average Bonchev–Trinajstić information content (AvgIpc) is 2.53.